The third-order valence-corrected chi connectivity index (χ3v) is 6.08. The predicted octanol–water partition coefficient (Wildman–Crippen LogP) is 4.30. The van der Waals surface area contributed by atoms with Crippen molar-refractivity contribution in [3.8, 4) is 0 Å². The molecule has 0 aromatic carbocycles. The summed E-state index contributed by atoms with van der Waals surface area (Å²) in [5.74, 6) is 0.0702. The molecule has 1 saturated heterocycles. The summed E-state index contributed by atoms with van der Waals surface area (Å²) in [5.41, 5.74) is -0.633. The van der Waals surface area contributed by atoms with Crippen molar-refractivity contribution in [2.24, 2.45) is 0 Å². The molecule has 1 fully saturated rings. The Bertz CT molecular complexity index is 475. The number of amides is 1. The van der Waals surface area contributed by atoms with Crippen LogP contribution in [0.2, 0.25) is 0 Å². The van der Waals surface area contributed by atoms with Crippen LogP contribution in [0.3, 0.4) is 0 Å². The number of ether oxygens (including phenoxy) is 1. The molecule has 0 saturated carbocycles. The van der Waals surface area contributed by atoms with Crippen LogP contribution in [0, 0.1) is 0 Å². The van der Waals surface area contributed by atoms with E-state index in [9.17, 15) is 4.79 Å². The van der Waals surface area contributed by atoms with Gasteiger partial charge in [0.15, 0.2) is 0 Å². The van der Waals surface area contributed by atoms with Crippen molar-refractivity contribution in [1.82, 2.24) is 4.90 Å². The Morgan fingerprint density at radius 3 is 2.21 bits per heavy atom. The van der Waals surface area contributed by atoms with E-state index in [0.29, 0.717) is 13.1 Å². The maximum Gasteiger partial charge on any atom is 0.264 e. The number of nitrogens with zero attached hydrogens (tertiary/aromatic N) is 1. The highest BCUT2D eigenvalue weighted by Crippen LogP contribution is 2.35. The largest absolute Gasteiger partial charge is 0.366 e. The van der Waals surface area contributed by atoms with E-state index in [2.05, 4.69) is 31.9 Å². The van der Waals surface area contributed by atoms with Crippen LogP contribution in [-0.2, 0) is 4.74 Å². The minimum Gasteiger partial charge on any atom is -0.366 e. The summed E-state index contributed by atoms with van der Waals surface area (Å²) in [4.78, 5) is 15.2. The van der Waals surface area contributed by atoms with Crippen LogP contribution in [-0.4, -0.2) is 35.1 Å². The molecule has 19 heavy (non-hydrogen) atoms. The van der Waals surface area contributed by atoms with E-state index in [1.54, 1.807) is 0 Å². The van der Waals surface area contributed by atoms with Crippen molar-refractivity contribution >= 4 is 49.1 Å². The molecule has 0 unspecified atom stereocenters. The smallest absolute Gasteiger partial charge is 0.264 e. The summed E-state index contributed by atoms with van der Waals surface area (Å²) in [6.45, 7) is 9.32. The van der Waals surface area contributed by atoms with Crippen molar-refractivity contribution in [1.29, 1.82) is 0 Å². The summed E-state index contributed by atoms with van der Waals surface area (Å²) in [6, 6.07) is 1.87. The molecule has 106 valence electrons. The van der Waals surface area contributed by atoms with E-state index in [1.807, 2.05) is 38.7 Å². The summed E-state index contributed by atoms with van der Waals surface area (Å²) >= 11 is 8.30. The van der Waals surface area contributed by atoms with Gasteiger partial charge in [-0.2, -0.15) is 0 Å². The lowest BCUT2D eigenvalue weighted by Crippen LogP contribution is -2.58. The molecule has 1 aromatic heterocycles. The fourth-order valence-corrected chi connectivity index (χ4v) is 4.54. The first-order valence-corrected chi connectivity index (χ1v) is 8.44. The number of hydrogen-bond acceptors (Lipinski definition) is 3. The highest BCUT2D eigenvalue weighted by molar-refractivity contribution is 9.13. The van der Waals surface area contributed by atoms with Gasteiger partial charge in [0.2, 0.25) is 0 Å². The molecule has 1 aliphatic rings. The normalized spacial score (nSPS) is 21.5. The number of carbonyl (C=O) groups excluding carboxylic acids is 1. The fraction of sp³-hybridized carbons (Fsp3) is 0.615. The Kier molecular flexibility index (Phi) is 4.18. The summed E-state index contributed by atoms with van der Waals surface area (Å²) < 4.78 is 7.87. The molecule has 0 aliphatic carbocycles. The van der Waals surface area contributed by atoms with Crippen LogP contribution in [0.4, 0.5) is 0 Å². The Morgan fingerprint density at radius 2 is 1.79 bits per heavy atom. The van der Waals surface area contributed by atoms with Gasteiger partial charge in [-0.25, -0.2) is 0 Å². The zero-order chi connectivity index (χ0) is 14.4. The van der Waals surface area contributed by atoms with Crippen LogP contribution in [0.5, 0.6) is 0 Å². The van der Waals surface area contributed by atoms with Gasteiger partial charge in [-0.1, -0.05) is 0 Å². The molecule has 2 heterocycles. The van der Waals surface area contributed by atoms with Gasteiger partial charge < -0.3 is 9.64 Å². The molecule has 2 rings (SSSR count). The van der Waals surface area contributed by atoms with E-state index in [1.165, 1.54) is 11.3 Å². The Hall–Kier alpha value is 0.0900. The van der Waals surface area contributed by atoms with E-state index in [-0.39, 0.29) is 17.1 Å². The van der Waals surface area contributed by atoms with Crippen LogP contribution in [0.1, 0.15) is 37.4 Å². The molecule has 0 spiro atoms. The number of rotatable bonds is 1. The second kappa shape index (κ2) is 5.13. The summed E-state index contributed by atoms with van der Waals surface area (Å²) in [7, 11) is 0. The van der Waals surface area contributed by atoms with Crippen LogP contribution < -0.4 is 0 Å². The van der Waals surface area contributed by atoms with Crippen molar-refractivity contribution < 1.29 is 9.53 Å². The molecule has 1 aliphatic heterocycles. The zero-order valence-electron chi connectivity index (χ0n) is 11.4. The Labute approximate surface area is 134 Å². The highest BCUT2D eigenvalue weighted by atomic mass is 79.9. The van der Waals surface area contributed by atoms with Crippen molar-refractivity contribution in [2.75, 3.05) is 13.1 Å². The standard InChI is InChI=1S/C13H17Br2NO2S/c1-12(2)6-16(7-13(3,4)18-12)11(17)9-5-8(14)10(15)19-9/h5H,6-7H2,1-4H3. The lowest BCUT2D eigenvalue weighted by atomic mass is 9.99. The average molecular weight is 411 g/mol. The van der Waals surface area contributed by atoms with Gasteiger partial charge in [-0.3, -0.25) is 4.79 Å². The van der Waals surface area contributed by atoms with Gasteiger partial charge in [0.05, 0.1) is 19.9 Å². The van der Waals surface area contributed by atoms with Crippen molar-refractivity contribution in [3.63, 3.8) is 0 Å². The molecule has 0 bridgehead atoms. The molecule has 0 N–H and O–H groups in total. The Morgan fingerprint density at radius 1 is 1.26 bits per heavy atom. The number of carbonyl (C=O) groups is 1. The van der Waals surface area contributed by atoms with Crippen LogP contribution >= 0.6 is 43.2 Å². The molecule has 0 radical (unpaired) electrons. The van der Waals surface area contributed by atoms with E-state index in [4.69, 9.17) is 4.74 Å². The minimum atomic E-state index is -0.316. The van der Waals surface area contributed by atoms with Gasteiger partial charge in [-0.15, -0.1) is 11.3 Å². The van der Waals surface area contributed by atoms with Gasteiger partial charge >= 0.3 is 0 Å². The first-order valence-electron chi connectivity index (χ1n) is 6.04. The molecule has 1 amide bonds. The molecule has 1 aromatic rings. The molecule has 3 nitrogen and oxygen atoms in total. The predicted molar refractivity (Wildman–Crippen MR) is 84.9 cm³/mol. The maximum absolute atomic E-state index is 12.6. The second-order valence-corrected chi connectivity index (χ2v) is 9.24. The summed E-state index contributed by atoms with van der Waals surface area (Å²) in [6.07, 6.45) is 0. The summed E-state index contributed by atoms with van der Waals surface area (Å²) in [5, 5.41) is 0. The van der Waals surface area contributed by atoms with Crippen LogP contribution in [0.15, 0.2) is 14.3 Å². The molecule has 0 atom stereocenters. The quantitative estimate of drug-likeness (QED) is 0.690. The highest BCUT2D eigenvalue weighted by Gasteiger charge is 2.40. The van der Waals surface area contributed by atoms with Crippen molar-refractivity contribution in [3.05, 3.63) is 19.2 Å². The van der Waals surface area contributed by atoms with Crippen molar-refractivity contribution in [2.45, 2.75) is 38.9 Å². The van der Waals surface area contributed by atoms with Gasteiger partial charge in [0.25, 0.3) is 5.91 Å². The van der Waals surface area contributed by atoms with E-state index >= 15 is 0 Å². The average Bonchev–Trinajstić information content (AvgIpc) is 2.53. The fourth-order valence-electron chi connectivity index (χ4n) is 2.54. The molecule has 6 heteroatoms. The first-order chi connectivity index (χ1) is 8.60. The van der Waals surface area contributed by atoms with Gasteiger partial charge in [-0.05, 0) is 65.6 Å². The molecular weight excluding hydrogens is 394 g/mol. The lowest BCUT2D eigenvalue weighted by molar-refractivity contribution is -0.171. The first kappa shape index (κ1) is 15.5. The number of halogens is 2. The van der Waals surface area contributed by atoms with E-state index in [0.717, 1.165) is 13.1 Å². The monoisotopic (exact) mass is 409 g/mol. The van der Waals surface area contributed by atoms with Gasteiger partial charge in [0, 0.05) is 17.6 Å². The SMILES string of the molecule is CC1(C)CN(C(=O)c2cc(Br)c(Br)s2)CC(C)(C)O1. The molecular formula is C13H17Br2NO2S. The zero-order valence-corrected chi connectivity index (χ0v) is 15.4. The van der Waals surface area contributed by atoms with Gasteiger partial charge in [0.1, 0.15) is 0 Å². The maximum atomic E-state index is 12.6. The minimum absolute atomic E-state index is 0.0702. The van der Waals surface area contributed by atoms with E-state index < -0.39 is 0 Å². The topological polar surface area (TPSA) is 29.5 Å². The third kappa shape index (κ3) is 3.60. The number of thiophene rings is 1. The third-order valence-electron chi connectivity index (χ3n) is 2.84. The number of morpholine rings is 1. The lowest BCUT2D eigenvalue weighted by Gasteiger charge is -2.47. The Balaban J connectivity index is 2.23. The van der Waals surface area contributed by atoms with Crippen LogP contribution in [0.25, 0.3) is 0 Å². The number of hydrogen-bond donors (Lipinski definition) is 0. The second-order valence-electron chi connectivity index (χ2n) is 6.01.